The Balaban J connectivity index is 1.86. The third-order valence-electron chi connectivity index (χ3n) is 3.61. The third-order valence-corrected chi connectivity index (χ3v) is 5.92. The summed E-state index contributed by atoms with van der Waals surface area (Å²) in [6.07, 6.45) is 2.52. The lowest BCUT2D eigenvalue weighted by molar-refractivity contribution is 0.584. The van der Waals surface area contributed by atoms with Gasteiger partial charge in [-0.15, -0.1) is 0 Å². The second kappa shape index (κ2) is 7.49. The summed E-state index contributed by atoms with van der Waals surface area (Å²) < 4.78 is 14.4. The molecule has 6 heteroatoms. The van der Waals surface area contributed by atoms with Crippen LogP contribution in [0.1, 0.15) is 25.3 Å². The topological polar surface area (TPSA) is 36.4 Å². The Morgan fingerprint density at radius 3 is 2.95 bits per heavy atom. The standard InChI is InChI=1S/C15H21BrFN3S/c1-15(6-3-7-21-15)10-20-14(18-2)19-9-11-8-12(17)4-5-13(11)16/h4-5,8H,3,6-7,9-10H2,1-2H3,(H2,18,19,20). The Morgan fingerprint density at radius 1 is 1.48 bits per heavy atom. The van der Waals surface area contributed by atoms with Crippen molar-refractivity contribution in [2.24, 2.45) is 4.99 Å². The van der Waals surface area contributed by atoms with Gasteiger partial charge in [0, 0.05) is 29.4 Å². The molecule has 0 radical (unpaired) electrons. The molecule has 1 unspecified atom stereocenters. The molecule has 3 nitrogen and oxygen atoms in total. The van der Waals surface area contributed by atoms with Crippen LogP contribution >= 0.6 is 27.7 Å². The fourth-order valence-corrected chi connectivity index (χ4v) is 3.96. The first-order valence-electron chi connectivity index (χ1n) is 7.05. The van der Waals surface area contributed by atoms with Crippen molar-refractivity contribution in [2.75, 3.05) is 19.3 Å². The lowest BCUT2D eigenvalue weighted by Crippen LogP contribution is -2.43. The van der Waals surface area contributed by atoms with Crippen molar-refractivity contribution in [2.45, 2.75) is 31.1 Å². The number of guanidine groups is 1. The van der Waals surface area contributed by atoms with Gasteiger partial charge in [0.2, 0.25) is 0 Å². The van der Waals surface area contributed by atoms with Gasteiger partial charge in [0.15, 0.2) is 5.96 Å². The molecule has 116 valence electrons. The molecule has 0 spiro atoms. The fourth-order valence-electron chi connectivity index (χ4n) is 2.33. The highest BCUT2D eigenvalue weighted by atomic mass is 79.9. The molecular formula is C15H21BrFN3S. The van der Waals surface area contributed by atoms with Gasteiger partial charge in [-0.2, -0.15) is 11.8 Å². The number of benzene rings is 1. The van der Waals surface area contributed by atoms with Crippen LogP contribution < -0.4 is 10.6 Å². The molecule has 1 aliphatic heterocycles. The first kappa shape index (κ1) is 16.6. The van der Waals surface area contributed by atoms with Gasteiger partial charge in [0.05, 0.1) is 0 Å². The van der Waals surface area contributed by atoms with Gasteiger partial charge in [0.1, 0.15) is 5.82 Å². The zero-order valence-electron chi connectivity index (χ0n) is 12.4. The van der Waals surface area contributed by atoms with E-state index in [2.05, 4.69) is 38.5 Å². The Bertz CT molecular complexity index is 516. The smallest absolute Gasteiger partial charge is 0.191 e. The molecule has 1 fully saturated rings. The first-order valence-corrected chi connectivity index (χ1v) is 8.83. The average Bonchev–Trinajstić information content (AvgIpc) is 2.90. The number of halogens is 2. The Labute approximate surface area is 138 Å². The van der Waals surface area contributed by atoms with Crippen LogP contribution in [0.5, 0.6) is 0 Å². The molecule has 1 aromatic carbocycles. The Hall–Kier alpha value is -0.750. The number of rotatable bonds is 4. The van der Waals surface area contributed by atoms with E-state index in [-0.39, 0.29) is 10.6 Å². The SMILES string of the molecule is CN=C(NCc1cc(F)ccc1Br)NCC1(C)CCCS1. The second-order valence-corrected chi connectivity index (χ2v) is 7.95. The van der Waals surface area contributed by atoms with Crippen molar-refractivity contribution in [1.82, 2.24) is 10.6 Å². The summed E-state index contributed by atoms with van der Waals surface area (Å²) in [5.74, 6) is 1.76. The van der Waals surface area contributed by atoms with E-state index >= 15 is 0 Å². The number of hydrogen-bond donors (Lipinski definition) is 2. The molecule has 2 rings (SSSR count). The lowest BCUT2D eigenvalue weighted by atomic mass is 10.1. The van der Waals surface area contributed by atoms with Crippen molar-refractivity contribution in [1.29, 1.82) is 0 Å². The molecule has 2 N–H and O–H groups in total. The van der Waals surface area contributed by atoms with Crippen molar-refractivity contribution >= 4 is 33.7 Å². The molecule has 0 amide bonds. The summed E-state index contributed by atoms with van der Waals surface area (Å²) in [7, 11) is 1.75. The van der Waals surface area contributed by atoms with E-state index in [1.807, 2.05) is 11.8 Å². The minimum Gasteiger partial charge on any atom is -0.355 e. The van der Waals surface area contributed by atoms with Gasteiger partial charge in [0.25, 0.3) is 0 Å². The molecule has 0 saturated carbocycles. The number of aliphatic imine (C=N–C) groups is 1. The Morgan fingerprint density at radius 2 is 2.29 bits per heavy atom. The molecule has 1 aromatic rings. The van der Waals surface area contributed by atoms with Crippen LogP contribution in [0.15, 0.2) is 27.7 Å². The average molecular weight is 374 g/mol. The number of thioether (sulfide) groups is 1. The highest BCUT2D eigenvalue weighted by Crippen LogP contribution is 2.36. The van der Waals surface area contributed by atoms with Crippen LogP contribution in [-0.2, 0) is 6.54 Å². The maximum atomic E-state index is 13.3. The first-order chi connectivity index (χ1) is 10.0. The van der Waals surface area contributed by atoms with Crippen LogP contribution in [0.3, 0.4) is 0 Å². The predicted octanol–water partition coefficient (Wildman–Crippen LogP) is 3.54. The van der Waals surface area contributed by atoms with E-state index in [0.29, 0.717) is 6.54 Å². The zero-order chi connectivity index (χ0) is 15.3. The second-order valence-electron chi connectivity index (χ2n) is 5.42. The molecule has 0 aliphatic carbocycles. The van der Waals surface area contributed by atoms with E-state index in [0.717, 1.165) is 22.5 Å². The van der Waals surface area contributed by atoms with Gasteiger partial charge in [-0.1, -0.05) is 15.9 Å². The number of nitrogens with one attached hydrogen (secondary N) is 2. The van der Waals surface area contributed by atoms with Crippen LogP contribution in [0.4, 0.5) is 4.39 Å². The lowest BCUT2D eigenvalue weighted by Gasteiger charge is -2.24. The van der Waals surface area contributed by atoms with Crippen molar-refractivity contribution < 1.29 is 4.39 Å². The summed E-state index contributed by atoms with van der Waals surface area (Å²) in [4.78, 5) is 4.22. The van der Waals surface area contributed by atoms with Gasteiger partial charge in [-0.3, -0.25) is 4.99 Å². The maximum absolute atomic E-state index is 13.3. The van der Waals surface area contributed by atoms with E-state index < -0.39 is 0 Å². The minimum absolute atomic E-state index is 0.229. The van der Waals surface area contributed by atoms with Gasteiger partial charge in [-0.25, -0.2) is 4.39 Å². The predicted molar refractivity (Wildman–Crippen MR) is 92.4 cm³/mol. The summed E-state index contributed by atoms with van der Waals surface area (Å²) in [5.41, 5.74) is 0.874. The van der Waals surface area contributed by atoms with Gasteiger partial charge >= 0.3 is 0 Å². The quantitative estimate of drug-likeness (QED) is 0.625. The molecule has 1 atom stereocenters. The highest BCUT2D eigenvalue weighted by molar-refractivity contribution is 9.10. The fraction of sp³-hybridized carbons (Fsp3) is 0.533. The number of hydrogen-bond acceptors (Lipinski definition) is 2. The minimum atomic E-state index is -0.229. The van der Waals surface area contributed by atoms with E-state index in [1.165, 1.54) is 30.7 Å². The molecular weight excluding hydrogens is 353 g/mol. The van der Waals surface area contributed by atoms with Crippen molar-refractivity contribution in [3.8, 4) is 0 Å². The van der Waals surface area contributed by atoms with E-state index in [9.17, 15) is 4.39 Å². The van der Waals surface area contributed by atoms with Crippen LogP contribution in [0.2, 0.25) is 0 Å². The molecule has 0 bridgehead atoms. The summed E-state index contributed by atoms with van der Waals surface area (Å²) in [6.45, 7) is 3.71. The summed E-state index contributed by atoms with van der Waals surface area (Å²) in [5, 5.41) is 6.59. The summed E-state index contributed by atoms with van der Waals surface area (Å²) in [6, 6.07) is 4.69. The largest absolute Gasteiger partial charge is 0.355 e. The highest BCUT2D eigenvalue weighted by Gasteiger charge is 2.29. The maximum Gasteiger partial charge on any atom is 0.191 e. The molecule has 0 aromatic heterocycles. The zero-order valence-corrected chi connectivity index (χ0v) is 14.8. The summed E-state index contributed by atoms with van der Waals surface area (Å²) >= 11 is 5.45. The van der Waals surface area contributed by atoms with Crippen LogP contribution in [-0.4, -0.2) is 30.1 Å². The third kappa shape index (κ3) is 4.88. The van der Waals surface area contributed by atoms with E-state index in [4.69, 9.17) is 0 Å². The van der Waals surface area contributed by atoms with Gasteiger partial charge in [-0.05, 0) is 49.3 Å². The van der Waals surface area contributed by atoms with Crippen molar-refractivity contribution in [3.05, 3.63) is 34.1 Å². The van der Waals surface area contributed by atoms with Gasteiger partial charge < -0.3 is 10.6 Å². The molecule has 1 heterocycles. The van der Waals surface area contributed by atoms with Crippen molar-refractivity contribution in [3.63, 3.8) is 0 Å². The number of nitrogens with zero attached hydrogens (tertiary/aromatic N) is 1. The Kier molecular flexibility index (Phi) is 5.93. The molecule has 1 saturated heterocycles. The molecule has 1 aliphatic rings. The van der Waals surface area contributed by atoms with Crippen LogP contribution in [0, 0.1) is 5.82 Å². The van der Waals surface area contributed by atoms with E-state index in [1.54, 1.807) is 13.1 Å². The molecule has 21 heavy (non-hydrogen) atoms. The van der Waals surface area contributed by atoms with Crippen LogP contribution in [0.25, 0.3) is 0 Å². The normalized spacial score (nSPS) is 22.4. The monoisotopic (exact) mass is 373 g/mol.